The zero-order chi connectivity index (χ0) is 34.3. The smallest absolute Gasteiger partial charge is 0.253 e. The third-order valence-corrected chi connectivity index (χ3v) is 11.8. The van der Waals surface area contributed by atoms with Crippen LogP contribution in [0.3, 0.4) is 0 Å². The molecule has 3 heterocycles. The van der Waals surface area contributed by atoms with Crippen LogP contribution in [0.2, 0.25) is 0 Å². The van der Waals surface area contributed by atoms with E-state index in [0.717, 1.165) is 72.1 Å². The molecule has 49 heavy (non-hydrogen) atoms. The van der Waals surface area contributed by atoms with E-state index in [-0.39, 0.29) is 24.1 Å². The molecule has 0 spiro atoms. The molecular formula is C40H53N7O2. The van der Waals surface area contributed by atoms with Gasteiger partial charge in [-0.05, 0) is 144 Å². The van der Waals surface area contributed by atoms with Gasteiger partial charge in [-0.2, -0.15) is 0 Å². The fourth-order valence-corrected chi connectivity index (χ4v) is 9.89. The predicted octanol–water partition coefficient (Wildman–Crippen LogP) is 6.53. The van der Waals surface area contributed by atoms with Crippen molar-refractivity contribution in [3.8, 4) is 11.1 Å². The molecule has 0 radical (unpaired) electrons. The zero-order valence-corrected chi connectivity index (χ0v) is 29.7. The summed E-state index contributed by atoms with van der Waals surface area (Å²) in [5, 5.41) is 14.5. The van der Waals surface area contributed by atoms with Crippen molar-refractivity contribution in [3.05, 3.63) is 74.8 Å². The molecule has 2 aromatic heterocycles. The van der Waals surface area contributed by atoms with Gasteiger partial charge in [-0.1, -0.05) is 0 Å². The molecule has 9 heteroatoms. The van der Waals surface area contributed by atoms with Gasteiger partial charge in [0, 0.05) is 79.2 Å². The van der Waals surface area contributed by atoms with Gasteiger partial charge in [-0.15, -0.1) is 0 Å². The van der Waals surface area contributed by atoms with Crippen LogP contribution in [0.4, 0.5) is 11.5 Å². The molecule has 9 nitrogen and oxygen atoms in total. The van der Waals surface area contributed by atoms with E-state index in [0.29, 0.717) is 27.8 Å². The van der Waals surface area contributed by atoms with Gasteiger partial charge in [0.15, 0.2) is 0 Å². The summed E-state index contributed by atoms with van der Waals surface area (Å²) in [6, 6.07) is 9.99. The van der Waals surface area contributed by atoms with Gasteiger partial charge in [0.1, 0.15) is 5.82 Å². The molecule has 5 fully saturated rings. The lowest BCUT2D eigenvalue weighted by molar-refractivity contribution is -0.0611. The molecule has 5 aliphatic rings. The summed E-state index contributed by atoms with van der Waals surface area (Å²) in [6.45, 7) is 13.2. The maximum Gasteiger partial charge on any atom is 0.253 e. The number of aryl methyl sites for hydroxylation is 2. The Morgan fingerprint density at radius 1 is 1.02 bits per heavy atom. The van der Waals surface area contributed by atoms with Crippen LogP contribution < -0.4 is 21.1 Å². The van der Waals surface area contributed by atoms with Crippen LogP contribution in [-0.2, 0) is 6.54 Å². The van der Waals surface area contributed by atoms with E-state index in [1.165, 1.54) is 57.7 Å². The summed E-state index contributed by atoms with van der Waals surface area (Å²) in [5.41, 5.74) is 5.93. The fourth-order valence-electron chi connectivity index (χ4n) is 9.89. The minimum absolute atomic E-state index is 0.0979. The Hall–Kier alpha value is -3.98. The van der Waals surface area contributed by atoms with Crippen LogP contribution in [-0.4, -0.2) is 65.8 Å². The number of hydrogen-bond donors (Lipinski definition) is 4. The van der Waals surface area contributed by atoms with Crippen molar-refractivity contribution in [2.75, 3.05) is 42.9 Å². The molecular weight excluding hydrogens is 610 g/mol. The topological polar surface area (TPSA) is 117 Å². The maximum absolute atomic E-state index is 13.6. The van der Waals surface area contributed by atoms with Crippen LogP contribution in [0.1, 0.15) is 91.5 Å². The molecule has 260 valence electrons. The molecule has 1 saturated heterocycles. The lowest BCUT2D eigenvalue weighted by Crippen LogP contribution is -2.50. The van der Waals surface area contributed by atoms with Crippen molar-refractivity contribution in [2.45, 2.75) is 85.2 Å². The summed E-state index contributed by atoms with van der Waals surface area (Å²) in [7, 11) is 0. The van der Waals surface area contributed by atoms with Gasteiger partial charge < -0.3 is 25.9 Å². The first-order valence-electron chi connectivity index (χ1n) is 18.4. The van der Waals surface area contributed by atoms with Crippen molar-refractivity contribution in [1.29, 1.82) is 5.41 Å². The van der Waals surface area contributed by atoms with Crippen LogP contribution in [0.15, 0.2) is 41.3 Å². The summed E-state index contributed by atoms with van der Waals surface area (Å²) >= 11 is 0. The van der Waals surface area contributed by atoms with E-state index >= 15 is 0 Å². The van der Waals surface area contributed by atoms with Crippen LogP contribution >= 0.6 is 0 Å². The number of nitrogens with zero attached hydrogens (tertiary/aromatic N) is 3. The maximum atomic E-state index is 13.6. The first-order valence-corrected chi connectivity index (χ1v) is 18.4. The second-order valence-electron chi connectivity index (χ2n) is 16.0. The minimum Gasteiger partial charge on any atom is -0.382 e. The quantitative estimate of drug-likeness (QED) is 0.173. The lowest BCUT2D eigenvalue weighted by atomic mass is 9.49. The van der Waals surface area contributed by atoms with Gasteiger partial charge in [0.05, 0.1) is 5.56 Å². The number of anilines is 2. The highest BCUT2D eigenvalue weighted by Crippen LogP contribution is 2.61. The van der Waals surface area contributed by atoms with Gasteiger partial charge >= 0.3 is 0 Å². The van der Waals surface area contributed by atoms with Gasteiger partial charge in [-0.3, -0.25) is 14.5 Å². The molecule has 4 saturated carbocycles. The molecule has 4 aliphatic carbocycles. The third-order valence-electron chi connectivity index (χ3n) is 11.8. The number of hydrogen-bond acceptors (Lipinski definition) is 7. The number of carbonyl (C=O) groups excluding carboxylic acids is 1. The number of piperazine rings is 1. The molecule has 4 bridgehead atoms. The number of benzene rings is 1. The van der Waals surface area contributed by atoms with Crippen LogP contribution in [0.5, 0.6) is 0 Å². The second-order valence-corrected chi connectivity index (χ2v) is 16.0. The largest absolute Gasteiger partial charge is 0.382 e. The Labute approximate surface area is 290 Å². The van der Waals surface area contributed by atoms with Crippen LogP contribution in [0, 0.1) is 42.4 Å². The first kappa shape index (κ1) is 33.5. The number of amides is 1. The Morgan fingerprint density at radius 3 is 2.31 bits per heavy atom. The van der Waals surface area contributed by atoms with Crippen molar-refractivity contribution in [3.63, 3.8) is 0 Å². The second kappa shape index (κ2) is 13.7. The number of aromatic amines is 1. The Bertz CT molecular complexity index is 1720. The normalized spacial score (nSPS) is 24.8. The van der Waals surface area contributed by atoms with Crippen molar-refractivity contribution in [2.24, 2.45) is 23.2 Å². The summed E-state index contributed by atoms with van der Waals surface area (Å²) < 4.78 is 0. The minimum atomic E-state index is -0.336. The fraction of sp³-hybridized carbons (Fsp3) is 0.550. The highest BCUT2D eigenvalue weighted by Gasteiger charge is 2.50. The van der Waals surface area contributed by atoms with Crippen molar-refractivity contribution >= 4 is 23.6 Å². The Kier molecular flexibility index (Phi) is 9.39. The van der Waals surface area contributed by atoms with E-state index < -0.39 is 0 Å². The number of carbonyl (C=O) groups is 1. The average Bonchev–Trinajstić information content (AvgIpc) is 3.06. The molecule has 1 amide bonds. The zero-order valence-electron chi connectivity index (χ0n) is 29.7. The van der Waals surface area contributed by atoms with E-state index in [2.05, 4.69) is 37.6 Å². The van der Waals surface area contributed by atoms with Gasteiger partial charge in [0.2, 0.25) is 0 Å². The van der Waals surface area contributed by atoms with Crippen LogP contribution in [0.25, 0.3) is 11.1 Å². The summed E-state index contributed by atoms with van der Waals surface area (Å²) in [6.07, 6.45) is 13.5. The Morgan fingerprint density at radius 2 is 1.71 bits per heavy atom. The molecule has 3 aromatic rings. The molecule has 0 unspecified atom stereocenters. The molecule has 0 atom stereocenters. The first-order chi connectivity index (χ1) is 23.6. The van der Waals surface area contributed by atoms with E-state index in [9.17, 15) is 9.59 Å². The summed E-state index contributed by atoms with van der Waals surface area (Å²) in [4.78, 5) is 39.0. The number of nitrogens with one attached hydrogen (secondary N) is 4. The van der Waals surface area contributed by atoms with Gasteiger partial charge in [-0.25, -0.2) is 4.98 Å². The lowest BCUT2D eigenvalue weighted by Gasteiger charge is -2.57. The number of aromatic nitrogens is 2. The van der Waals surface area contributed by atoms with E-state index in [4.69, 9.17) is 10.4 Å². The highest BCUT2D eigenvalue weighted by atomic mass is 16.1. The van der Waals surface area contributed by atoms with Crippen molar-refractivity contribution < 1.29 is 4.79 Å². The van der Waals surface area contributed by atoms with E-state index in [1.807, 2.05) is 52.1 Å². The average molecular weight is 664 g/mol. The molecule has 8 rings (SSSR count). The number of rotatable bonds is 11. The molecule has 1 aliphatic heterocycles. The third kappa shape index (κ3) is 7.18. The monoisotopic (exact) mass is 663 g/mol. The SMILES string of the molecule is Cc1cc(C)c(CNC(=O)c2cc(-c3ccc(N4CCN(CCC56CC7CC(CC(C7)C5)C6)CC4)nc3)cc(NC(C)C)c2C=N)c(=O)[nH]1. The summed E-state index contributed by atoms with van der Waals surface area (Å²) in [5.74, 6) is 3.71. The number of pyridine rings is 2. The molecule has 1 aromatic carbocycles. The van der Waals surface area contributed by atoms with Gasteiger partial charge in [0.25, 0.3) is 11.5 Å². The van der Waals surface area contributed by atoms with E-state index in [1.54, 1.807) is 0 Å². The highest BCUT2D eigenvalue weighted by molar-refractivity contribution is 6.06. The van der Waals surface area contributed by atoms with Crippen molar-refractivity contribution in [1.82, 2.24) is 20.2 Å². The molecule has 4 N–H and O–H groups in total. The number of H-pyrrole nitrogens is 1. The Balaban J connectivity index is 1.02. The standard InChI is InChI=1S/C40H53N7O2/c1-25(2)44-36-18-32(17-33(34(36)22-41)38(48)43-24-35-26(3)13-27(4)45-39(35)49)31-5-6-37(42-23-31)47-11-9-46(10-12-47)8-7-40-19-28-14-29(20-40)16-30(15-28)21-40/h5-6,13,17-18,22-23,25,28-30,41,44H,7-12,14-16,19-21,24H2,1-4H3,(H,43,48)(H,45,49). The predicted molar refractivity (Wildman–Crippen MR) is 198 cm³/mol.